The van der Waals surface area contributed by atoms with Crippen molar-refractivity contribution in [1.29, 1.82) is 0 Å². The fourth-order valence-electron chi connectivity index (χ4n) is 4.59. The lowest BCUT2D eigenvalue weighted by Gasteiger charge is -2.46. The van der Waals surface area contributed by atoms with Crippen LogP contribution in [0.25, 0.3) is 0 Å². The van der Waals surface area contributed by atoms with Crippen LogP contribution in [0.2, 0.25) is 0 Å². The van der Waals surface area contributed by atoms with Gasteiger partial charge >= 0.3 is 0 Å². The van der Waals surface area contributed by atoms with Crippen LogP contribution in [0.5, 0.6) is 5.75 Å². The van der Waals surface area contributed by atoms with Gasteiger partial charge in [0.1, 0.15) is 12.0 Å². The lowest BCUT2D eigenvalue weighted by Crippen LogP contribution is -2.54. The molecular weight excluding hydrogens is 428 g/mol. The highest BCUT2D eigenvalue weighted by Gasteiger charge is 2.37. The number of allylic oxidation sites excluding steroid dienone is 1. The molecule has 1 heterocycles. The molecule has 1 aliphatic heterocycles. The maximum absolute atomic E-state index is 11.9. The maximum Gasteiger partial charge on any atom is 0.143 e. The normalized spacial score (nSPS) is 17.5. The lowest BCUT2D eigenvalue weighted by molar-refractivity contribution is 0.0418. The molecular formula is C28H40N2O2S. The van der Waals surface area contributed by atoms with E-state index in [9.17, 15) is 5.11 Å². The molecule has 4 nitrogen and oxygen atoms in total. The highest BCUT2D eigenvalue weighted by molar-refractivity contribution is 7.99. The average molecular weight is 469 g/mol. The zero-order valence-corrected chi connectivity index (χ0v) is 21.5. The Morgan fingerprint density at radius 3 is 2.48 bits per heavy atom. The fourth-order valence-corrected chi connectivity index (χ4v) is 5.78. The van der Waals surface area contributed by atoms with Crippen LogP contribution in [0.4, 0.5) is 5.69 Å². The van der Waals surface area contributed by atoms with Gasteiger partial charge in [-0.25, -0.2) is 0 Å². The first-order chi connectivity index (χ1) is 16.0. The van der Waals surface area contributed by atoms with Gasteiger partial charge in [-0.3, -0.25) is 4.90 Å². The molecule has 0 fully saturated rings. The molecule has 3 rings (SSSR count). The smallest absolute Gasteiger partial charge is 0.143 e. The highest BCUT2D eigenvalue weighted by atomic mass is 32.2. The van der Waals surface area contributed by atoms with E-state index >= 15 is 0 Å². The van der Waals surface area contributed by atoms with Gasteiger partial charge in [-0.2, -0.15) is 0 Å². The summed E-state index contributed by atoms with van der Waals surface area (Å²) in [5, 5.41) is 11.9. The summed E-state index contributed by atoms with van der Waals surface area (Å²) in [6.45, 7) is 15.2. The zero-order valence-electron chi connectivity index (χ0n) is 20.7. The first-order valence-corrected chi connectivity index (χ1v) is 13.3. The van der Waals surface area contributed by atoms with Crippen LogP contribution in [0, 0.1) is 0 Å². The van der Waals surface area contributed by atoms with Gasteiger partial charge in [-0.1, -0.05) is 50.6 Å². The number of nitrogens with zero attached hydrogens (tertiary/aromatic N) is 2. The quantitative estimate of drug-likeness (QED) is 0.359. The molecule has 0 spiro atoms. The van der Waals surface area contributed by atoms with Gasteiger partial charge in [-0.15, -0.1) is 18.3 Å². The molecule has 2 aromatic carbocycles. The maximum atomic E-state index is 11.9. The van der Waals surface area contributed by atoms with Crippen LogP contribution in [-0.2, 0) is 0 Å². The van der Waals surface area contributed by atoms with Gasteiger partial charge in [-0.05, 0) is 69.1 Å². The van der Waals surface area contributed by atoms with Crippen molar-refractivity contribution >= 4 is 17.4 Å². The van der Waals surface area contributed by atoms with Crippen molar-refractivity contribution in [3.8, 4) is 5.75 Å². The number of benzene rings is 2. The summed E-state index contributed by atoms with van der Waals surface area (Å²) in [6, 6.07) is 17.0. The topological polar surface area (TPSA) is 35.9 Å². The zero-order chi connectivity index (χ0) is 23.8. The third-order valence-electron chi connectivity index (χ3n) is 6.39. The lowest BCUT2D eigenvalue weighted by atomic mass is 9.99. The molecule has 0 saturated heterocycles. The molecule has 33 heavy (non-hydrogen) atoms. The summed E-state index contributed by atoms with van der Waals surface area (Å²) in [4.78, 5) is 5.88. The monoisotopic (exact) mass is 468 g/mol. The Labute approximate surface area is 204 Å². The van der Waals surface area contributed by atoms with Crippen LogP contribution < -0.4 is 9.64 Å². The van der Waals surface area contributed by atoms with Crippen molar-refractivity contribution in [1.82, 2.24) is 4.90 Å². The first kappa shape index (κ1) is 25.7. The molecule has 1 aliphatic rings. The Morgan fingerprint density at radius 1 is 1.15 bits per heavy atom. The Bertz CT molecular complexity index is 882. The molecule has 0 aliphatic carbocycles. The van der Waals surface area contributed by atoms with E-state index in [4.69, 9.17) is 4.74 Å². The van der Waals surface area contributed by atoms with Crippen molar-refractivity contribution in [2.45, 2.75) is 70.2 Å². The van der Waals surface area contributed by atoms with Crippen molar-refractivity contribution in [3.63, 3.8) is 0 Å². The number of fused-ring (bicyclic) bond motifs is 1. The summed E-state index contributed by atoms with van der Waals surface area (Å²) in [5.41, 5.74) is 3.48. The van der Waals surface area contributed by atoms with E-state index in [2.05, 4.69) is 92.6 Å². The van der Waals surface area contributed by atoms with Gasteiger partial charge in [0, 0.05) is 10.6 Å². The fraction of sp³-hybridized carbons (Fsp3) is 0.500. The van der Waals surface area contributed by atoms with Crippen LogP contribution in [0.3, 0.4) is 0 Å². The van der Waals surface area contributed by atoms with Gasteiger partial charge in [0.2, 0.25) is 0 Å². The van der Waals surface area contributed by atoms with Crippen LogP contribution >= 0.6 is 11.8 Å². The van der Waals surface area contributed by atoms with Crippen LogP contribution in [0.15, 0.2) is 65.6 Å². The molecule has 1 N–H and O–H groups in total. The van der Waals surface area contributed by atoms with Crippen molar-refractivity contribution in [2.75, 3.05) is 30.3 Å². The van der Waals surface area contributed by atoms with Gasteiger partial charge in [0.25, 0.3) is 0 Å². The summed E-state index contributed by atoms with van der Waals surface area (Å²) in [6.07, 6.45) is 2.18. The van der Waals surface area contributed by atoms with Crippen LogP contribution in [-0.4, -0.2) is 47.7 Å². The van der Waals surface area contributed by atoms with Crippen molar-refractivity contribution < 1.29 is 9.84 Å². The third-order valence-corrected chi connectivity index (χ3v) is 7.53. The second-order valence-electron chi connectivity index (χ2n) is 8.82. The van der Waals surface area contributed by atoms with E-state index in [0.717, 1.165) is 61.7 Å². The number of thioether (sulfide) groups is 1. The van der Waals surface area contributed by atoms with E-state index in [1.807, 2.05) is 11.8 Å². The number of rotatable bonds is 12. The number of anilines is 1. The minimum absolute atomic E-state index is 0.0301. The molecule has 3 atom stereocenters. The number of hydrogen-bond donors (Lipinski definition) is 1. The van der Waals surface area contributed by atoms with E-state index in [1.165, 1.54) is 10.5 Å². The average Bonchev–Trinajstić information content (AvgIpc) is 2.84. The molecule has 0 saturated carbocycles. The molecule has 0 aromatic heterocycles. The minimum atomic E-state index is -0.618. The molecule has 2 aromatic rings. The number of aliphatic hydroxyl groups excluding tert-OH is 1. The number of aliphatic hydroxyl groups is 1. The number of ether oxygens (including phenoxy) is 1. The molecule has 0 radical (unpaired) electrons. The number of hydrogen-bond acceptors (Lipinski definition) is 5. The second kappa shape index (κ2) is 12.5. The van der Waals surface area contributed by atoms with E-state index in [0.29, 0.717) is 0 Å². The Hall–Kier alpha value is -1.95. The van der Waals surface area contributed by atoms with Gasteiger partial charge < -0.3 is 14.7 Å². The number of para-hydroxylation sites is 1. The third kappa shape index (κ3) is 6.34. The summed E-state index contributed by atoms with van der Waals surface area (Å²) >= 11 is 1.87. The molecule has 5 heteroatoms. The second-order valence-corrected chi connectivity index (χ2v) is 9.88. The predicted octanol–water partition coefficient (Wildman–Crippen LogP) is 6.51. The summed E-state index contributed by atoms with van der Waals surface area (Å²) < 4.78 is 5.80. The van der Waals surface area contributed by atoms with Crippen molar-refractivity contribution in [3.05, 3.63) is 66.2 Å². The molecule has 3 unspecified atom stereocenters. The van der Waals surface area contributed by atoms with Gasteiger partial charge in [0.15, 0.2) is 0 Å². The summed E-state index contributed by atoms with van der Waals surface area (Å²) in [7, 11) is 0. The predicted molar refractivity (Wildman–Crippen MR) is 141 cm³/mol. The highest BCUT2D eigenvalue weighted by Crippen LogP contribution is 2.45. The minimum Gasteiger partial charge on any atom is -0.494 e. The van der Waals surface area contributed by atoms with Gasteiger partial charge in [0.05, 0.1) is 24.4 Å². The Balaban J connectivity index is 1.97. The largest absolute Gasteiger partial charge is 0.494 e. The molecule has 180 valence electrons. The van der Waals surface area contributed by atoms with E-state index in [-0.39, 0.29) is 12.1 Å². The standard InChI is InChI=1S/C28H40N2O2S/c1-6-19-32-23-16-14-22(15-17-23)26-20-33-27-12-10-9-11-24(27)30(26)28(31)25(18-13-21(4)5)29(7-2)8-3/h9-12,14-17,25-26,28,31H,4,6-8,13,18-20H2,1-3,5H3. The van der Waals surface area contributed by atoms with Crippen LogP contribution in [0.1, 0.15) is 58.6 Å². The SMILES string of the molecule is C=C(C)CCC(C(O)N1c2ccccc2SCC1c1ccc(OCCC)cc1)N(CC)CC. The van der Waals surface area contributed by atoms with E-state index < -0.39 is 6.23 Å². The number of likely N-dealkylation sites (N-methyl/N-ethyl adjacent to an activating group) is 1. The van der Waals surface area contributed by atoms with Crippen molar-refractivity contribution in [2.24, 2.45) is 0 Å². The first-order valence-electron chi connectivity index (χ1n) is 12.3. The summed E-state index contributed by atoms with van der Waals surface area (Å²) in [5.74, 6) is 1.80. The van der Waals surface area contributed by atoms with E-state index in [1.54, 1.807) is 0 Å². The Morgan fingerprint density at radius 2 is 1.85 bits per heavy atom. The molecule has 0 bridgehead atoms. The Kier molecular flexibility index (Phi) is 9.72. The molecule has 0 amide bonds.